The lowest BCUT2D eigenvalue weighted by Gasteiger charge is -2.15. The molecule has 2 unspecified atom stereocenters. The number of carbonyl (C=O) groups is 5. The third-order valence-corrected chi connectivity index (χ3v) is 9.02. The number of carbonyl (C=O) groups excluding carboxylic acids is 5. The van der Waals surface area contributed by atoms with Gasteiger partial charge in [0, 0.05) is 17.3 Å². The Bertz CT molecular complexity index is 2180. The van der Waals surface area contributed by atoms with Gasteiger partial charge < -0.3 is 19.5 Å². The Morgan fingerprint density at radius 3 is 1.79 bits per heavy atom. The Kier molecular flexibility index (Phi) is 9.44. The molecule has 0 saturated carbocycles. The third-order valence-electron chi connectivity index (χ3n) is 9.02. The van der Waals surface area contributed by atoms with Crippen molar-refractivity contribution in [3.8, 4) is 28.4 Å². The summed E-state index contributed by atoms with van der Waals surface area (Å²) >= 11 is 0. The van der Waals surface area contributed by atoms with Crippen LogP contribution in [0.25, 0.3) is 11.1 Å². The zero-order chi connectivity index (χ0) is 36.2. The maximum absolute atomic E-state index is 13.2. The van der Waals surface area contributed by atoms with Gasteiger partial charge in [-0.2, -0.15) is 0 Å². The predicted octanol–water partition coefficient (Wildman–Crippen LogP) is 7.51. The first-order valence-corrected chi connectivity index (χ1v) is 16.6. The molecule has 0 radical (unpaired) electrons. The zero-order valence-electron chi connectivity index (χ0n) is 28.0. The highest BCUT2D eigenvalue weighted by atomic mass is 16.5. The second kappa shape index (κ2) is 14.6. The summed E-state index contributed by atoms with van der Waals surface area (Å²) in [5, 5.41) is 2.76. The molecular weight excluding hydrogens is 660 g/mol. The van der Waals surface area contributed by atoms with Crippen LogP contribution in [0.5, 0.6) is 17.2 Å². The second-order valence-electron chi connectivity index (χ2n) is 12.3. The molecule has 0 bridgehead atoms. The van der Waals surface area contributed by atoms with E-state index in [1.807, 2.05) is 48.6 Å². The molecule has 10 heteroatoms. The molecule has 1 fully saturated rings. The van der Waals surface area contributed by atoms with Crippen molar-refractivity contribution in [2.45, 2.75) is 12.8 Å². The molecule has 5 aromatic carbocycles. The van der Waals surface area contributed by atoms with Gasteiger partial charge in [-0.15, -0.1) is 0 Å². The molecule has 3 amide bonds. The lowest BCUT2D eigenvalue weighted by atomic mass is 9.85. The molecule has 1 aliphatic carbocycles. The molecule has 258 valence electrons. The fourth-order valence-electron chi connectivity index (χ4n) is 6.26. The molecule has 1 N–H and O–H groups in total. The number of benzene rings is 5. The first-order valence-electron chi connectivity index (χ1n) is 16.6. The molecule has 52 heavy (non-hydrogen) atoms. The van der Waals surface area contributed by atoms with Crippen LogP contribution in [-0.4, -0.2) is 36.8 Å². The maximum atomic E-state index is 13.2. The monoisotopic (exact) mass is 692 g/mol. The summed E-state index contributed by atoms with van der Waals surface area (Å²) in [6, 6.07) is 33.3. The van der Waals surface area contributed by atoms with Crippen LogP contribution >= 0.6 is 0 Å². The van der Waals surface area contributed by atoms with Crippen molar-refractivity contribution in [3.05, 3.63) is 150 Å². The number of ether oxygens (including phenoxy) is 3. The minimum Gasteiger partial charge on any atom is -0.497 e. The number of hydrogen-bond acceptors (Lipinski definition) is 8. The van der Waals surface area contributed by atoms with Crippen LogP contribution in [0.4, 0.5) is 11.4 Å². The van der Waals surface area contributed by atoms with E-state index in [0.29, 0.717) is 30.0 Å². The van der Waals surface area contributed by atoms with E-state index < -0.39 is 17.8 Å². The normalized spacial score (nSPS) is 16.2. The van der Waals surface area contributed by atoms with Crippen molar-refractivity contribution < 1.29 is 38.2 Å². The van der Waals surface area contributed by atoms with Crippen molar-refractivity contribution >= 4 is 41.0 Å². The molecule has 0 spiro atoms. The zero-order valence-corrected chi connectivity index (χ0v) is 28.0. The van der Waals surface area contributed by atoms with Gasteiger partial charge in [-0.1, -0.05) is 48.6 Å². The number of rotatable bonds is 9. The fourth-order valence-corrected chi connectivity index (χ4v) is 6.26. The standard InChI is InChI=1S/C42H32N2O8/c1-50-33-20-14-26(15-21-33)27-16-22-34(23-17-27)51-42(49)30-7-4-6-29(24-30)38(45)43-31-8-5-9-35(25-31)52-41(48)28-12-18-32(19-13-28)44-39(46)36-10-2-3-11-37(36)40(44)47/h2-9,12-25,36-37H,10-11H2,1H3,(H,43,45). The first-order chi connectivity index (χ1) is 25.3. The summed E-state index contributed by atoms with van der Waals surface area (Å²) in [6.07, 6.45) is 4.94. The summed E-state index contributed by atoms with van der Waals surface area (Å²) in [6.45, 7) is 0. The summed E-state index contributed by atoms with van der Waals surface area (Å²) in [5.41, 5.74) is 3.32. The summed E-state index contributed by atoms with van der Waals surface area (Å²) in [5.74, 6) is -1.63. The van der Waals surface area contributed by atoms with E-state index in [9.17, 15) is 24.0 Å². The van der Waals surface area contributed by atoms with Crippen molar-refractivity contribution in [2.75, 3.05) is 17.3 Å². The smallest absolute Gasteiger partial charge is 0.343 e. The molecule has 1 saturated heterocycles. The van der Waals surface area contributed by atoms with Crippen molar-refractivity contribution in [1.82, 2.24) is 0 Å². The molecule has 2 atom stereocenters. The number of fused-ring (bicyclic) bond motifs is 1. The van der Waals surface area contributed by atoms with E-state index >= 15 is 0 Å². The highest BCUT2D eigenvalue weighted by Crippen LogP contribution is 2.37. The maximum Gasteiger partial charge on any atom is 0.343 e. The summed E-state index contributed by atoms with van der Waals surface area (Å²) < 4.78 is 16.3. The highest BCUT2D eigenvalue weighted by Gasteiger charge is 2.47. The van der Waals surface area contributed by atoms with Crippen molar-refractivity contribution in [1.29, 1.82) is 0 Å². The average Bonchev–Trinajstić information content (AvgIpc) is 3.44. The Labute approximate surface area is 299 Å². The van der Waals surface area contributed by atoms with Crippen molar-refractivity contribution in [2.24, 2.45) is 11.8 Å². The number of imide groups is 1. The summed E-state index contributed by atoms with van der Waals surface area (Å²) in [4.78, 5) is 66.1. The molecule has 7 rings (SSSR count). The van der Waals surface area contributed by atoms with E-state index in [1.54, 1.807) is 67.8 Å². The number of allylic oxidation sites excluding steroid dienone is 2. The number of esters is 2. The van der Waals surface area contributed by atoms with Crippen molar-refractivity contribution in [3.63, 3.8) is 0 Å². The minimum absolute atomic E-state index is 0.184. The lowest BCUT2D eigenvalue weighted by Crippen LogP contribution is -2.30. The van der Waals surface area contributed by atoms with Gasteiger partial charge >= 0.3 is 11.9 Å². The molecule has 0 aromatic heterocycles. The van der Waals surface area contributed by atoms with Crippen LogP contribution in [0.3, 0.4) is 0 Å². The quantitative estimate of drug-likeness (QED) is 0.0728. The van der Waals surface area contributed by atoms with Crippen LogP contribution in [0, 0.1) is 11.8 Å². The van der Waals surface area contributed by atoms with Gasteiger partial charge in [-0.3, -0.25) is 19.3 Å². The lowest BCUT2D eigenvalue weighted by molar-refractivity contribution is -0.122. The number of hydrogen-bond donors (Lipinski definition) is 1. The molecule has 1 aliphatic heterocycles. The average molecular weight is 693 g/mol. The van der Waals surface area contributed by atoms with Gasteiger partial charge in [0.15, 0.2) is 0 Å². The first kappa shape index (κ1) is 33.7. The molecule has 5 aromatic rings. The Balaban J connectivity index is 0.954. The highest BCUT2D eigenvalue weighted by molar-refractivity contribution is 6.22. The van der Waals surface area contributed by atoms with E-state index in [4.69, 9.17) is 14.2 Å². The van der Waals surface area contributed by atoms with Gasteiger partial charge in [0.05, 0.1) is 35.8 Å². The van der Waals surface area contributed by atoms with Crippen LogP contribution in [0.1, 0.15) is 43.9 Å². The van der Waals surface area contributed by atoms with Gasteiger partial charge in [0.1, 0.15) is 17.2 Å². The third kappa shape index (κ3) is 7.08. The second-order valence-corrected chi connectivity index (χ2v) is 12.3. The predicted molar refractivity (Wildman–Crippen MR) is 193 cm³/mol. The molecule has 2 aliphatic rings. The number of anilines is 2. The number of nitrogens with one attached hydrogen (secondary N) is 1. The van der Waals surface area contributed by atoms with E-state index in [0.717, 1.165) is 16.9 Å². The fraction of sp³-hybridized carbons (Fsp3) is 0.119. The molecule has 10 nitrogen and oxygen atoms in total. The number of methoxy groups -OCH3 is 1. The summed E-state index contributed by atoms with van der Waals surface area (Å²) in [7, 11) is 1.61. The molecular formula is C42H32N2O8. The van der Waals surface area contributed by atoms with Gasteiger partial charge in [0.25, 0.3) is 5.91 Å². The van der Waals surface area contributed by atoms with Crippen LogP contribution in [0.15, 0.2) is 133 Å². The van der Waals surface area contributed by atoms with E-state index in [1.165, 1.54) is 29.2 Å². The Morgan fingerprint density at radius 1 is 0.596 bits per heavy atom. The van der Waals surface area contributed by atoms with Crippen LogP contribution < -0.4 is 24.4 Å². The molecule has 1 heterocycles. The van der Waals surface area contributed by atoms with Gasteiger partial charge in [-0.25, -0.2) is 9.59 Å². The van der Waals surface area contributed by atoms with E-state index in [2.05, 4.69) is 5.32 Å². The van der Waals surface area contributed by atoms with Crippen LogP contribution in [0.2, 0.25) is 0 Å². The van der Waals surface area contributed by atoms with Gasteiger partial charge in [-0.05, 0) is 103 Å². The topological polar surface area (TPSA) is 128 Å². The van der Waals surface area contributed by atoms with E-state index in [-0.39, 0.29) is 46.1 Å². The number of nitrogens with zero attached hydrogens (tertiary/aromatic N) is 1. The largest absolute Gasteiger partial charge is 0.497 e. The Morgan fingerprint density at radius 2 is 1.15 bits per heavy atom. The Hall–Kier alpha value is -6.81. The number of amides is 3. The minimum atomic E-state index is -0.659. The van der Waals surface area contributed by atoms with Gasteiger partial charge in [0.2, 0.25) is 11.8 Å². The SMILES string of the molecule is COc1ccc(-c2ccc(OC(=O)c3cccc(C(=O)Nc4cccc(OC(=O)c5ccc(N6C(=O)C7CC=CCC7C6=O)cc5)c4)c3)cc2)cc1. The van der Waals surface area contributed by atoms with Crippen LogP contribution in [-0.2, 0) is 9.59 Å².